The van der Waals surface area contributed by atoms with Crippen molar-refractivity contribution in [2.24, 2.45) is 0 Å². The van der Waals surface area contributed by atoms with Crippen LogP contribution in [0, 0.1) is 0 Å². The molecule has 0 fully saturated rings. The molecule has 0 unspecified atom stereocenters. The molecule has 0 spiro atoms. The SMILES string of the molecule is CCC=C(C=C(I)CCCCCC)CCCCCC. The molecule has 0 bridgehead atoms. The highest BCUT2D eigenvalue weighted by atomic mass is 127. The van der Waals surface area contributed by atoms with Gasteiger partial charge in [0.1, 0.15) is 0 Å². The summed E-state index contributed by atoms with van der Waals surface area (Å²) in [6.07, 6.45) is 19.5. The lowest BCUT2D eigenvalue weighted by molar-refractivity contribution is 0.665. The van der Waals surface area contributed by atoms with Crippen LogP contribution in [-0.4, -0.2) is 0 Å². The van der Waals surface area contributed by atoms with Gasteiger partial charge in [0.05, 0.1) is 0 Å². The molecule has 0 N–H and O–H groups in total. The molecule has 112 valence electrons. The van der Waals surface area contributed by atoms with Gasteiger partial charge < -0.3 is 0 Å². The number of allylic oxidation sites excluding steroid dienone is 4. The first-order valence-electron chi connectivity index (χ1n) is 8.29. The summed E-state index contributed by atoms with van der Waals surface area (Å²) >= 11 is 2.54. The third kappa shape index (κ3) is 13.0. The summed E-state index contributed by atoms with van der Waals surface area (Å²) < 4.78 is 1.55. The predicted molar refractivity (Wildman–Crippen MR) is 98.0 cm³/mol. The average Bonchev–Trinajstić information content (AvgIpc) is 2.40. The molecular formula is C18H33I. The van der Waals surface area contributed by atoms with Crippen molar-refractivity contribution in [2.75, 3.05) is 0 Å². The Hall–Kier alpha value is 0.210. The largest absolute Gasteiger partial charge is 0.0816 e. The number of hydrogen-bond donors (Lipinski definition) is 0. The van der Waals surface area contributed by atoms with E-state index in [-0.39, 0.29) is 0 Å². The van der Waals surface area contributed by atoms with E-state index >= 15 is 0 Å². The Bertz CT molecular complexity index is 250. The fraction of sp³-hybridized carbons (Fsp3) is 0.778. The zero-order valence-corrected chi connectivity index (χ0v) is 15.5. The van der Waals surface area contributed by atoms with Crippen LogP contribution in [-0.2, 0) is 0 Å². The number of halogens is 1. The number of hydrogen-bond acceptors (Lipinski definition) is 0. The zero-order valence-electron chi connectivity index (χ0n) is 13.3. The van der Waals surface area contributed by atoms with E-state index in [2.05, 4.69) is 55.5 Å². The Kier molecular flexibility index (Phi) is 14.8. The molecule has 0 saturated carbocycles. The maximum absolute atomic E-state index is 2.54. The molecule has 0 rings (SSSR count). The lowest BCUT2D eigenvalue weighted by Crippen LogP contribution is -1.84. The summed E-state index contributed by atoms with van der Waals surface area (Å²) in [5.74, 6) is 0. The normalized spacial score (nSPS) is 13.1. The molecule has 0 radical (unpaired) electrons. The second-order valence-electron chi connectivity index (χ2n) is 5.40. The molecule has 0 aromatic heterocycles. The first kappa shape index (κ1) is 19.2. The molecule has 0 heterocycles. The van der Waals surface area contributed by atoms with Crippen LogP contribution in [0.25, 0.3) is 0 Å². The number of rotatable bonds is 12. The first-order valence-corrected chi connectivity index (χ1v) is 9.37. The van der Waals surface area contributed by atoms with Gasteiger partial charge in [-0.25, -0.2) is 0 Å². The van der Waals surface area contributed by atoms with Crippen molar-refractivity contribution in [2.45, 2.75) is 91.4 Å². The van der Waals surface area contributed by atoms with E-state index in [4.69, 9.17) is 0 Å². The summed E-state index contributed by atoms with van der Waals surface area (Å²) in [6.45, 7) is 6.80. The van der Waals surface area contributed by atoms with E-state index in [0.717, 1.165) is 0 Å². The van der Waals surface area contributed by atoms with Gasteiger partial charge in [-0.05, 0) is 58.3 Å². The van der Waals surface area contributed by atoms with Gasteiger partial charge in [-0.2, -0.15) is 0 Å². The Labute approximate surface area is 135 Å². The van der Waals surface area contributed by atoms with Crippen LogP contribution >= 0.6 is 22.6 Å². The van der Waals surface area contributed by atoms with Gasteiger partial charge in [-0.3, -0.25) is 0 Å². The van der Waals surface area contributed by atoms with E-state index in [1.165, 1.54) is 70.6 Å². The van der Waals surface area contributed by atoms with Crippen molar-refractivity contribution in [3.05, 3.63) is 21.3 Å². The zero-order chi connectivity index (χ0) is 14.3. The highest BCUT2D eigenvalue weighted by Crippen LogP contribution is 2.21. The molecule has 19 heavy (non-hydrogen) atoms. The first-order chi connectivity index (χ1) is 9.24. The van der Waals surface area contributed by atoms with Crippen LogP contribution in [0.2, 0.25) is 0 Å². The van der Waals surface area contributed by atoms with Crippen LogP contribution in [0.3, 0.4) is 0 Å². The molecule has 0 aliphatic heterocycles. The monoisotopic (exact) mass is 376 g/mol. The van der Waals surface area contributed by atoms with E-state index in [9.17, 15) is 0 Å². The maximum Gasteiger partial charge on any atom is -0.00914 e. The van der Waals surface area contributed by atoms with Gasteiger partial charge in [0.2, 0.25) is 0 Å². The molecular weight excluding hydrogens is 343 g/mol. The Morgan fingerprint density at radius 2 is 1.37 bits per heavy atom. The van der Waals surface area contributed by atoms with E-state index in [1.807, 2.05) is 0 Å². The minimum absolute atomic E-state index is 1.17. The summed E-state index contributed by atoms with van der Waals surface area (Å²) in [5.41, 5.74) is 1.57. The van der Waals surface area contributed by atoms with Gasteiger partial charge in [-0.15, -0.1) is 0 Å². The predicted octanol–water partition coefficient (Wildman–Crippen LogP) is 7.58. The molecule has 0 atom stereocenters. The minimum Gasteiger partial charge on any atom is -0.0816 e. The van der Waals surface area contributed by atoms with Crippen molar-refractivity contribution >= 4 is 22.6 Å². The van der Waals surface area contributed by atoms with Crippen LogP contribution in [0.15, 0.2) is 21.3 Å². The third-order valence-corrected chi connectivity index (χ3v) is 4.25. The molecule has 1 heteroatoms. The molecule has 0 aliphatic carbocycles. The van der Waals surface area contributed by atoms with Gasteiger partial charge in [0.25, 0.3) is 0 Å². The van der Waals surface area contributed by atoms with Crippen molar-refractivity contribution in [3.8, 4) is 0 Å². The van der Waals surface area contributed by atoms with Crippen LogP contribution in [0.5, 0.6) is 0 Å². The highest BCUT2D eigenvalue weighted by Gasteiger charge is 1.98. The second-order valence-corrected chi connectivity index (χ2v) is 6.79. The smallest absolute Gasteiger partial charge is 0.00914 e. The molecule has 0 aromatic carbocycles. The number of unbranched alkanes of at least 4 members (excludes halogenated alkanes) is 6. The van der Waals surface area contributed by atoms with Crippen LogP contribution in [0.1, 0.15) is 91.4 Å². The fourth-order valence-electron chi connectivity index (χ4n) is 2.25. The van der Waals surface area contributed by atoms with Gasteiger partial charge >= 0.3 is 0 Å². The summed E-state index contributed by atoms with van der Waals surface area (Å²) in [6, 6.07) is 0. The minimum atomic E-state index is 1.17. The third-order valence-electron chi connectivity index (χ3n) is 3.40. The lowest BCUT2D eigenvalue weighted by Gasteiger charge is -2.05. The molecule has 0 saturated heterocycles. The van der Waals surface area contributed by atoms with Gasteiger partial charge in [-0.1, -0.05) is 77.0 Å². The topological polar surface area (TPSA) is 0 Å². The molecule has 0 amide bonds. The standard InChI is InChI=1S/C18H33I/c1-4-7-9-11-14-17(13-6-3)16-18(19)15-12-10-8-5-2/h13,16H,4-12,14-15H2,1-3H3. The van der Waals surface area contributed by atoms with Crippen molar-refractivity contribution in [1.82, 2.24) is 0 Å². The Morgan fingerprint density at radius 1 is 0.789 bits per heavy atom. The molecule has 0 nitrogen and oxygen atoms in total. The fourth-order valence-corrected chi connectivity index (χ4v) is 3.03. The summed E-state index contributed by atoms with van der Waals surface area (Å²) in [5, 5.41) is 0. The van der Waals surface area contributed by atoms with E-state index in [1.54, 1.807) is 9.15 Å². The van der Waals surface area contributed by atoms with Crippen molar-refractivity contribution in [3.63, 3.8) is 0 Å². The van der Waals surface area contributed by atoms with E-state index < -0.39 is 0 Å². The Balaban J connectivity index is 4.04. The summed E-state index contributed by atoms with van der Waals surface area (Å²) in [7, 11) is 0. The maximum atomic E-state index is 2.54. The summed E-state index contributed by atoms with van der Waals surface area (Å²) in [4.78, 5) is 0. The van der Waals surface area contributed by atoms with Crippen molar-refractivity contribution in [1.29, 1.82) is 0 Å². The van der Waals surface area contributed by atoms with E-state index in [0.29, 0.717) is 0 Å². The average molecular weight is 376 g/mol. The molecule has 0 aromatic rings. The Morgan fingerprint density at radius 3 is 1.89 bits per heavy atom. The van der Waals surface area contributed by atoms with Gasteiger partial charge in [0, 0.05) is 0 Å². The van der Waals surface area contributed by atoms with Crippen molar-refractivity contribution < 1.29 is 0 Å². The molecule has 0 aliphatic rings. The quantitative estimate of drug-likeness (QED) is 0.187. The van der Waals surface area contributed by atoms with Crippen LogP contribution < -0.4 is 0 Å². The second kappa shape index (κ2) is 14.6. The lowest BCUT2D eigenvalue weighted by atomic mass is 10.0. The van der Waals surface area contributed by atoms with Crippen LogP contribution in [0.4, 0.5) is 0 Å². The highest BCUT2D eigenvalue weighted by molar-refractivity contribution is 14.1. The van der Waals surface area contributed by atoms with Gasteiger partial charge in [0.15, 0.2) is 0 Å².